The van der Waals surface area contributed by atoms with Gasteiger partial charge >= 0.3 is 0 Å². The van der Waals surface area contributed by atoms with Crippen molar-refractivity contribution in [1.82, 2.24) is 5.32 Å². The SMILES string of the molecule is O=C(NCC1(c2ccc3c(c2)OCO3)CCOCC1)C1CC1c1ccco1. The molecule has 3 aliphatic rings. The van der Waals surface area contributed by atoms with E-state index in [0.717, 1.165) is 36.5 Å². The monoisotopic (exact) mass is 369 g/mol. The summed E-state index contributed by atoms with van der Waals surface area (Å²) in [6.07, 6.45) is 4.27. The molecule has 2 aromatic rings. The van der Waals surface area contributed by atoms with Crippen molar-refractivity contribution in [2.24, 2.45) is 5.92 Å². The summed E-state index contributed by atoms with van der Waals surface area (Å²) in [6, 6.07) is 9.94. The minimum atomic E-state index is -0.135. The Bertz CT molecular complexity index is 825. The van der Waals surface area contributed by atoms with Crippen LogP contribution in [0.15, 0.2) is 41.0 Å². The van der Waals surface area contributed by atoms with Gasteiger partial charge in [0.1, 0.15) is 5.76 Å². The van der Waals surface area contributed by atoms with E-state index in [1.54, 1.807) is 6.26 Å². The fraction of sp³-hybridized carbons (Fsp3) is 0.476. The maximum absolute atomic E-state index is 12.7. The van der Waals surface area contributed by atoms with Crippen molar-refractivity contribution >= 4 is 5.91 Å². The van der Waals surface area contributed by atoms with E-state index in [1.807, 2.05) is 18.2 Å². The van der Waals surface area contributed by atoms with Crippen LogP contribution in [0.25, 0.3) is 0 Å². The lowest BCUT2D eigenvalue weighted by Gasteiger charge is -2.38. The van der Waals surface area contributed by atoms with E-state index in [9.17, 15) is 4.79 Å². The smallest absolute Gasteiger partial charge is 0.231 e. The van der Waals surface area contributed by atoms with Crippen molar-refractivity contribution in [2.75, 3.05) is 26.6 Å². The number of rotatable bonds is 5. The van der Waals surface area contributed by atoms with Gasteiger partial charge in [0, 0.05) is 37.0 Å². The molecule has 2 atom stereocenters. The topological polar surface area (TPSA) is 69.9 Å². The zero-order chi connectivity index (χ0) is 18.3. The van der Waals surface area contributed by atoms with Crippen LogP contribution in [0.4, 0.5) is 0 Å². The molecule has 2 fully saturated rings. The van der Waals surface area contributed by atoms with Crippen molar-refractivity contribution in [2.45, 2.75) is 30.6 Å². The zero-order valence-electron chi connectivity index (χ0n) is 15.1. The molecular weight excluding hydrogens is 346 g/mol. The van der Waals surface area contributed by atoms with E-state index in [0.29, 0.717) is 19.8 Å². The average molecular weight is 369 g/mol. The molecule has 0 radical (unpaired) electrons. The summed E-state index contributed by atoms with van der Waals surface area (Å²) >= 11 is 0. The highest BCUT2D eigenvalue weighted by Gasteiger charge is 2.46. The first-order chi connectivity index (χ1) is 13.3. The van der Waals surface area contributed by atoms with Crippen molar-refractivity contribution in [3.63, 3.8) is 0 Å². The molecule has 0 bridgehead atoms. The lowest BCUT2D eigenvalue weighted by atomic mass is 9.74. The van der Waals surface area contributed by atoms with Gasteiger partial charge in [0.05, 0.1) is 6.26 Å². The molecule has 3 heterocycles. The van der Waals surface area contributed by atoms with Crippen molar-refractivity contribution in [1.29, 1.82) is 0 Å². The van der Waals surface area contributed by atoms with Crippen LogP contribution >= 0.6 is 0 Å². The van der Waals surface area contributed by atoms with E-state index in [-0.39, 0.29) is 30.0 Å². The van der Waals surface area contributed by atoms with E-state index in [1.165, 1.54) is 5.56 Å². The lowest BCUT2D eigenvalue weighted by Crippen LogP contribution is -2.45. The number of nitrogens with one attached hydrogen (secondary N) is 1. The van der Waals surface area contributed by atoms with Crippen LogP contribution in [-0.2, 0) is 14.9 Å². The van der Waals surface area contributed by atoms with Crippen LogP contribution < -0.4 is 14.8 Å². The lowest BCUT2D eigenvalue weighted by molar-refractivity contribution is -0.123. The molecule has 6 heteroatoms. The van der Waals surface area contributed by atoms with Gasteiger partial charge in [0.15, 0.2) is 11.5 Å². The van der Waals surface area contributed by atoms with Gasteiger partial charge in [-0.2, -0.15) is 0 Å². The Hall–Kier alpha value is -2.47. The molecule has 6 nitrogen and oxygen atoms in total. The van der Waals surface area contributed by atoms with Crippen LogP contribution in [-0.4, -0.2) is 32.5 Å². The molecule has 142 valence electrons. The van der Waals surface area contributed by atoms with Crippen molar-refractivity contribution in [3.8, 4) is 11.5 Å². The van der Waals surface area contributed by atoms with E-state index >= 15 is 0 Å². The molecule has 2 aliphatic heterocycles. The van der Waals surface area contributed by atoms with Crippen LogP contribution in [0.5, 0.6) is 11.5 Å². The quantitative estimate of drug-likeness (QED) is 0.877. The summed E-state index contributed by atoms with van der Waals surface area (Å²) in [5, 5.41) is 3.21. The fourth-order valence-corrected chi connectivity index (χ4v) is 4.24. The maximum atomic E-state index is 12.7. The summed E-state index contributed by atoms with van der Waals surface area (Å²) in [5.74, 6) is 2.82. The Morgan fingerprint density at radius 1 is 1.15 bits per heavy atom. The Balaban J connectivity index is 1.30. The molecule has 1 saturated heterocycles. The van der Waals surface area contributed by atoms with E-state index < -0.39 is 0 Å². The van der Waals surface area contributed by atoms with Crippen LogP contribution in [0.2, 0.25) is 0 Å². The van der Waals surface area contributed by atoms with Crippen molar-refractivity contribution in [3.05, 3.63) is 47.9 Å². The second kappa shape index (κ2) is 6.60. The third-order valence-electron chi connectivity index (χ3n) is 6.07. The number of carbonyl (C=O) groups is 1. The minimum Gasteiger partial charge on any atom is -0.469 e. The molecule has 1 aromatic heterocycles. The summed E-state index contributed by atoms with van der Waals surface area (Å²) in [7, 11) is 0. The summed E-state index contributed by atoms with van der Waals surface area (Å²) in [4.78, 5) is 12.7. The first-order valence-electron chi connectivity index (χ1n) is 9.54. The highest BCUT2D eigenvalue weighted by Crippen LogP contribution is 2.48. The number of ether oxygens (including phenoxy) is 3. The van der Waals surface area contributed by atoms with Gasteiger partial charge in [0.2, 0.25) is 12.7 Å². The molecule has 1 amide bonds. The first-order valence-corrected chi connectivity index (χ1v) is 9.54. The molecule has 1 saturated carbocycles. The fourth-order valence-electron chi connectivity index (χ4n) is 4.24. The number of benzene rings is 1. The number of hydrogen-bond donors (Lipinski definition) is 1. The number of amides is 1. The van der Waals surface area contributed by atoms with Gasteiger partial charge in [-0.1, -0.05) is 6.07 Å². The Morgan fingerprint density at radius 2 is 2.00 bits per heavy atom. The van der Waals surface area contributed by atoms with Gasteiger partial charge in [0.25, 0.3) is 0 Å². The molecule has 5 rings (SSSR count). The van der Waals surface area contributed by atoms with Gasteiger partial charge in [-0.15, -0.1) is 0 Å². The number of hydrogen-bond acceptors (Lipinski definition) is 5. The maximum Gasteiger partial charge on any atom is 0.231 e. The standard InChI is InChI=1S/C21H23NO5/c23-20(16-11-15(16)17-2-1-7-25-17)22-12-21(5-8-24-9-6-21)14-3-4-18-19(10-14)27-13-26-18/h1-4,7,10,15-16H,5-6,8-9,11-13H2,(H,22,23). The Kier molecular flexibility index (Phi) is 4.08. The molecule has 1 aliphatic carbocycles. The molecule has 2 unspecified atom stereocenters. The van der Waals surface area contributed by atoms with Crippen LogP contribution in [0, 0.1) is 5.92 Å². The minimum absolute atomic E-state index is 0.0183. The number of carbonyl (C=O) groups excluding carboxylic acids is 1. The molecule has 0 spiro atoms. The summed E-state index contributed by atoms with van der Waals surface area (Å²) in [6.45, 7) is 2.27. The second-order valence-corrected chi connectivity index (χ2v) is 7.64. The van der Waals surface area contributed by atoms with E-state index in [2.05, 4.69) is 17.4 Å². The number of furan rings is 1. The number of fused-ring (bicyclic) bond motifs is 1. The highest BCUT2D eigenvalue weighted by molar-refractivity contribution is 5.82. The van der Waals surface area contributed by atoms with Crippen LogP contribution in [0.3, 0.4) is 0 Å². The summed E-state index contributed by atoms with van der Waals surface area (Å²) < 4.78 is 22.0. The van der Waals surface area contributed by atoms with Gasteiger partial charge in [-0.25, -0.2) is 0 Å². The predicted octanol–water partition coefficient (Wildman–Crippen LogP) is 2.98. The summed E-state index contributed by atoms with van der Waals surface area (Å²) in [5.41, 5.74) is 1.04. The van der Waals surface area contributed by atoms with Crippen LogP contribution in [0.1, 0.15) is 36.5 Å². The predicted molar refractivity (Wildman–Crippen MR) is 96.9 cm³/mol. The molecule has 1 aromatic carbocycles. The van der Waals surface area contributed by atoms with Gasteiger partial charge in [-0.05, 0) is 49.1 Å². The average Bonchev–Trinajstić information content (AvgIpc) is 3.10. The molecule has 1 N–H and O–H groups in total. The third kappa shape index (κ3) is 3.08. The van der Waals surface area contributed by atoms with Gasteiger partial charge in [-0.3, -0.25) is 4.79 Å². The van der Waals surface area contributed by atoms with E-state index in [4.69, 9.17) is 18.6 Å². The Morgan fingerprint density at radius 3 is 2.81 bits per heavy atom. The first kappa shape index (κ1) is 16.7. The Labute approximate surface area is 157 Å². The largest absolute Gasteiger partial charge is 0.469 e. The van der Waals surface area contributed by atoms with Gasteiger partial charge < -0.3 is 23.9 Å². The third-order valence-corrected chi connectivity index (χ3v) is 6.07. The zero-order valence-corrected chi connectivity index (χ0v) is 15.1. The molecule has 27 heavy (non-hydrogen) atoms. The highest BCUT2D eigenvalue weighted by atomic mass is 16.7. The normalized spacial score (nSPS) is 25.2. The molecular formula is C21H23NO5. The van der Waals surface area contributed by atoms with Crippen molar-refractivity contribution < 1.29 is 23.4 Å². The second-order valence-electron chi connectivity index (χ2n) is 7.64.